The number of carbonyl (C=O) groups excluding carboxylic acids is 4. The summed E-state index contributed by atoms with van der Waals surface area (Å²) in [5.41, 5.74) is -1.15. The van der Waals surface area contributed by atoms with Crippen LogP contribution in [-0.2, 0) is 37.5 Å². The number of carbonyl (C=O) groups is 4. The Labute approximate surface area is 193 Å². The van der Waals surface area contributed by atoms with Gasteiger partial charge in [-0.2, -0.15) is 0 Å². The summed E-state index contributed by atoms with van der Waals surface area (Å²) in [4.78, 5) is 47.9. The summed E-state index contributed by atoms with van der Waals surface area (Å²) in [6, 6.07) is 0. The van der Waals surface area contributed by atoms with Gasteiger partial charge in [-0.25, -0.2) is 9.36 Å². The molecule has 1 saturated heterocycles. The number of quaternary nitrogens is 1. The fourth-order valence-corrected chi connectivity index (χ4v) is 5.66. The fourth-order valence-electron chi connectivity index (χ4n) is 2.45. The van der Waals surface area contributed by atoms with Crippen LogP contribution in [-0.4, -0.2) is 93.9 Å². The van der Waals surface area contributed by atoms with Crippen LogP contribution in [0.1, 0.15) is 27.2 Å². The maximum Gasteiger partial charge on any atom is 0.389 e. The molecule has 0 aliphatic carbocycles. The Hall–Kier alpha value is -1.46. The van der Waals surface area contributed by atoms with Crippen molar-refractivity contribution >= 4 is 41.7 Å². The van der Waals surface area contributed by atoms with Crippen molar-refractivity contribution in [2.75, 3.05) is 59.7 Å². The van der Waals surface area contributed by atoms with Gasteiger partial charge in [0.15, 0.2) is 6.10 Å². The van der Waals surface area contributed by atoms with Gasteiger partial charge in [0, 0.05) is 37.6 Å². The molecule has 1 unspecified atom stereocenters. The van der Waals surface area contributed by atoms with Gasteiger partial charge < -0.3 is 24.4 Å². The predicted octanol–water partition coefficient (Wildman–Crippen LogP) is 0.730. The number of amides is 2. The summed E-state index contributed by atoms with van der Waals surface area (Å²) in [5, 5.41) is 5.20. The highest BCUT2D eigenvalue weighted by Gasteiger charge is 2.42. The number of nitrogens with zero attached hydrogens (tertiary/aromatic N) is 1. The van der Waals surface area contributed by atoms with Crippen molar-refractivity contribution in [2.24, 2.45) is 5.41 Å². The number of ether oxygens (including phenoxy) is 1. The van der Waals surface area contributed by atoms with Gasteiger partial charge >= 0.3 is 12.8 Å². The minimum absolute atomic E-state index is 0.0123. The predicted molar refractivity (Wildman–Crippen MR) is 120 cm³/mol. The molecule has 1 rings (SSSR count). The van der Waals surface area contributed by atoms with E-state index in [-0.39, 0.29) is 38.6 Å². The number of esters is 1. The Morgan fingerprint density at radius 3 is 2.47 bits per heavy atom. The zero-order valence-electron chi connectivity index (χ0n) is 19.6. The second-order valence-corrected chi connectivity index (χ2v) is 13.3. The lowest BCUT2D eigenvalue weighted by molar-refractivity contribution is -0.870. The molecule has 0 saturated carbocycles. The minimum atomic E-state index is -3.66. The first-order valence-corrected chi connectivity index (χ1v) is 13.4. The maximum atomic E-state index is 13.3. The molecule has 1 heterocycles. The molecule has 2 amide bonds. The average molecular weight is 497 g/mol. The SMILES string of the molecule is CC(=O)C(=O)O[C@H]1C(=O)NCCC(=O)NCCSP(=O)(OCC[N+](C)(C)C)OCC1(C)C. The normalized spacial score (nSPS) is 25.8. The fraction of sp³-hybridized carbons (Fsp3) is 0.789. The molecule has 32 heavy (non-hydrogen) atoms. The van der Waals surface area contributed by atoms with Gasteiger partial charge in [-0.1, -0.05) is 13.8 Å². The Bertz CT molecular complexity index is 753. The molecule has 0 aromatic rings. The van der Waals surface area contributed by atoms with E-state index in [4.69, 9.17) is 13.8 Å². The van der Waals surface area contributed by atoms with Crippen molar-refractivity contribution in [3.05, 3.63) is 0 Å². The molecule has 0 aromatic heterocycles. The van der Waals surface area contributed by atoms with Crippen molar-refractivity contribution in [3.63, 3.8) is 0 Å². The largest absolute Gasteiger partial charge is 0.446 e. The van der Waals surface area contributed by atoms with Gasteiger partial charge in [0.1, 0.15) is 13.2 Å². The molecular formula is C19H35N3O8PS+. The lowest BCUT2D eigenvalue weighted by Gasteiger charge is -2.33. The van der Waals surface area contributed by atoms with Crippen molar-refractivity contribution in [1.82, 2.24) is 10.6 Å². The first kappa shape index (κ1) is 28.6. The molecule has 0 aromatic carbocycles. The van der Waals surface area contributed by atoms with Crippen LogP contribution in [0.5, 0.6) is 0 Å². The Balaban J connectivity index is 3.09. The zero-order chi connectivity index (χ0) is 24.6. The molecule has 2 atom stereocenters. The average Bonchev–Trinajstić information content (AvgIpc) is 2.66. The third-order valence-corrected chi connectivity index (χ3v) is 8.17. The lowest BCUT2D eigenvalue weighted by atomic mass is 9.86. The van der Waals surface area contributed by atoms with Crippen molar-refractivity contribution in [3.8, 4) is 0 Å². The minimum Gasteiger partial charge on any atom is -0.446 e. The molecule has 0 radical (unpaired) electrons. The molecule has 184 valence electrons. The number of nitrogens with one attached hydrogen (secondary N) is 2. The molecular weight excluding hydrogens is 461 g/mol. The number of rotatable bonds is 6. The molecule has 1 aliphatic heterocycles. The highest BCUT2D eigenvalue weighted by Crippen LogP contribution is 2.61. The first-order valence-electron chi connectivity index (χ1n) is 10.3. The lowest BCUT2D eigenvalue weighted by Crippen LogP contribution is -2.49. The van der Waals surface area contributed by atoms with E-state index in [1.807, 2.05) is 21.1 Å². The van der Waals surface area contributed by atoms with E-state index in [1.165, 1.54) is 0 Å². The monoisotopic (exact) mass is 496 g/mol. The van der Waals surface area contributed by atoms with E-state index in [9.17, 15) is 23.7 Å². The van der Waals surface area contributed by atoms with Crippen LogP contribution in [0.25, 0.3) is 0 Å². The topological polar surface area (TPSA) is 137 Å². The van der Waals surface area contributed by atoms with Crippen LogP contribution in [0.15, 0.2) is 0 Å². The zero-order valence-corrected chi connectivity index (χ0v) is 21.3. The van der Waals surface area contributed by atoms with E-state index in [2.05, 4.69) is 10.6 Å². The molecule has 0 spiro atoms. The number of hydrogen-bond acceptors (Lipinski definition) is 9. The van der Waals surface area contributed by atoms with Crippen LogP contribution in [0.3, 0.4) is 0 Å². The van der Waals surface area contributed by atoms with Crippen LogP contribution in [0.2, 0.25) is 0 Å². The quantitative estimate of drug-likeness (QED) is 0.236. The smallest absolute Gasteiger partial charge is 0.389 e. The van der Waals surface area contributed by atoms with Crippen molar-refractivity contribution in [2.45, 2.75) is 33.3 Å². The first-order chi connectivity index (χ1) is 14.7. The van der Waals surface area contributed by atoms with Crippen LogP contribution < -0.4 is 10.6 Å². The van der Waals surface area contributed by atoms with E-state index in [1.54, 1.807) is 13.8 Å². The standard InChI is InChI=1S/C19H34N3O8PS/c1-14(23)18(26)30-16-17(25)21-8-7-15(24)20-9-12-32-31(27,29-13-19(16,2)3)28-11-10-22(4,5)6/h16H,7-13H2,1-6H3,(H-,20,21,24,25)/p+1/t16-,31?/m0/s1. The second-order valence-electron chi connectivity index (χ2n) is 9.12. The molecule has 13 heteroatoms. The van der Waals surface area contributed by atoms with Crippen molar-refractivity contribution < 1.29 is 42.0 Å². The van der Waals surface area contributed by atoms with E-state index < -0.39 is 36.0 Å². The van der Waals surface area contributed by atoms with Gasteiger partial charge in [-0.05, 0) is 11.4 Å². The van der Waals surface area contributed by atoms with E-state index in [0.717, 1.165) is 18.3 Å². The molecule has 1 fully saturated rings. The van der Waals surface area contributed by atoms with Crippen LogP contribution >= 0.6 is 18.2 Å². The maximum absolute atomic E-state index is 13.3. The third-order valence-electron chi connectivity index (χ3n) is 4.39. The second kappa shape index (κ2) is 12.1. The summed E-state index contributed by atoms with van der Waals surface area (Å²) in [6.07, 6.45) is -1.40. The van der Waals surface area contributed by atoms with Gasteiger partial charge in [-0.3, -0.25) is 18.9 Å². The molecule has 11 nitrogen and oxygen atoms in total. The Morgan fingerprint density at radius 1 is 1.22 bits per heavy atom. The van der Waals surface area contributed by atoms with E-state index in [0.29, 0.717) is 16.8 Å². The number of likely N-dealkylation sites (N-methyl/N-ethyl adjacent to an activating group) is 1. The van der Waals surface area contributed by atoms with E-state index >= 15 is 0 Å². The molecule has 1 aliphatic rings. The van der Waals surface area contributed by atoms with Gasteiger partial charge in [-0.15, -0.1) is 0 Å². The number of Topliss-reactive ketones (excluding diaryl/α,β-unsaturated/α-hetero) is 1. The number of hydrogen-bond donors (Lipinski definition) is 2. The van der Waals surface area contributed by atoms with Crippen LogP contribution in [0, 0.1) is 5.41 Å². The highest BCUT2D eigenvalue weighted by atomic mass is 32.7. The highest BCUT2D eigenvalue weighted by molar-refractivity contribution is 8.55. The summed E-state index contributed by atoms with van der Waals surface area (Å²) >= 11 is 0.952. The summed E-state index contributed by atoms with van der Waals surface area (Å²) in [7, 11) is 5.89. The Kier molecular flexibility index (Phi) is 10.8. The summed E-state index contributed by atoms with van der Waals surface area (Å²) < 4.78 is 30.4. The van der Waals surface area contributed by atoms with Crippen LogP contribution in [0.4, 0.5) is 0 Å². The molecule has 0 bridgehead atoms. The van der Waals surface area contributed by atoms with Gasteiger partial charge in [0.25, 0.3) is 5.91 Å². The summed E-state index contributed by atoms with van der Waals surface area (Å²) in [6.45, 7) is 1.34. The number of ketones is 1. The molecule has 2 N–H and O–H groups in total. The van der Waals surface area contributed by atoms with Gasteiger partial charge in [0.2, 0.25) is 11.7 Å². The Morgan fingerprint density at radius 2 is 1.88 bits per heavy atom. The third kappa shape index (κ3) is 10.4. The summed E-state index contributed by atoms with van der Waals surface area (Å²) in [5.74, 6) is -2.73. The van der Waals surface area contributed by atoms with Gasteiger partial charge in [0.05, 0.1) is 27.7 Å². The van der Waals surface area contributed by atoms with Crippen molar-refractivity contribution in [1.29, 1.82) is 0 Å².